The number of rotatable bonds is 10. The molecular weight excluding hydrogens is 270 g/mol. The molecule has 0 spiro atoms. The molecule has 5 nitrogen and oxygen atoms in total. The van der Waals surface area contributed by atoms with Crippen molar-refractivity contribution in [1.82, 2.24) is 5.32 Å². The summed E-state index contributed by atoms with van der Waals surface area (Å²) < 4.78 is 16.2. The number of benzene rings is 1. The smallest absolute Gasteiger partial charge is 0.261 e. The fourth-order valence-corrected chi connectivity index (χ4v) is 1.84. The SMILES string of the molecule is CCOCCCNC(=O)[C@H](CC)Oc1ccccc1OC. The molecule has 0 saturated heterocycles. The summed E-state index contributed by atoms with van der Waals surface area (Å²) in [7, 11) is 1.58. The number of hydrogen-bond donors (Lipinski definition) is 1. The Hall–Kier alpha value is -1.75. The van der Waals surface area contributed by atoms with Crippen molar-refractivity contribution in [1.29, 1.82) is 0 Å². The van der Waals surface area contributed by atoms with Gasteiger partial charge in [0, 0.05) is 19.8 Å². The first-order valence-corrected chi connectivity index (χ1v) is 7.38. The maximum atomic E-state index is 12.1. The van der Waals surface area contributed by atoms with Crippen LogP contribution >= 0.6 is 0 Å². The van der Waals surface area contributed by atoms with Crippen LogP contribution in [0.4, 0.5) is 0 Å². The van der Waals surface area contributed by atoms with Crippen molar-refractivity contribution in [2.45, 2.75) is 32.8 Å². The van der Waals surface area contributed by atoms with Gasteiger partial charge < -0.3 is 19.5 Å². The van der Waals surface area contributed by atoms with Gasteiger partial charge in [0.05, 0.1) is 7.11 Å². The summed E-state index contributed by atoms with van der Waals surface area (Å²) in [5, 5.41) is 2.87. The lowest BCUT2D eigenvalue weighted by Crippen LogP contribution is -2.38. The molecule has 1 aromatic carbocycles. The third-order valence-electron chi connectivity index (χ3n) is 2.97. The lowest BCUT2D eigenvalue weighted by Gasteiger charge is -2.18. The van der Waals surface area contributed by atoms with E-state index in [1.165, 1.54) is 0 Å². The highest BCUT2D eigenvalue weighted by molar-refractivity contribution is 5.81. The number of carbonyl (C=O) groups is 1. The average Bonchev–Trinajstić information content (AvgIpc) is 2.52. The van der Waals surface area contributed by atoms with Crippen molar-refractivity contribution in [3.05, 3.63) is 24.3 Å². The lowest BCUT2D eigenvalue weighted by molar-refractivity contribution is -0.128. The van der Waals surface area contributed by atoms with Crippen LogP contribution in [0, 0.1) is 0 Å². The van der Waals surface area contributed by atoms with E-state index in [2.05, 4.69) is 5.32 Å². The van der Waals surface area contributed by atoms with Gasteiger partial charge in [0.1, 0.15) is 0 Å². The molecule has 1 amide bonds. The molecule has 0 radical (unpaired) electrons. The molecule has 1 N–H and O–H groups in total. The Kier molecular flexibility index (Phi) is 8.28. The molecule has 1 atom stereocenters. The molecule has 0 aliphatic heterocycles. The van der Waals surface area contributed by atoms with Crippen LogP contribution in [0.15, 0.2) is 24.3 Å². The number of carbonyl (C=O) groups excluding carboxylic acids is 1. The summed E-state index contributed by atoms with van der Waals surface area (Å²) in [4.78, 5) is 12.1. The van der Waals surface area contributed by atoms with Crippen LogP contribution in [0.5, 0.6) is 11.5 Å². The fraction of sp³-hybridized carbons (Fsp3) is 0.562. The predicted molar refractivity (Wildman–Crippen MR) is 81.8 cm³/mol. The van der Waals surface area contributed by atoms with Crippen LogP contribution in [0.25, 0.3) is 0 Å². The van der Waals surface area contributed by atoms with Gasteiger partial charge in [-0.15, -0.1) is 0 Å². The number of para-hydroxylation sites is 2. The Morgan fingerprint density at radius 1 is 1.24 bits per heavy atom. The maximum absolute atomic E-state index is 12.1. The summed E-state index contributed by atoms with van der Waals surface area (Å²) in [5.74, 6) is 1.09. The predicted octanol–water partition coefficient (Wildman–Crippen LogP) is 2.40. The van der Waals surface area contributed by atoms with Crippen molar-refractivity contribution in [2.75, 3.05) is 26.9 Å². The third kappa shape index (κ3) is 6.04. The van der Waals surface area contributed by atoms with Gasteiger partial charge in [0.15, 0.2) is 17.6 Å². The molecule has 5 heteroatoms. The van der Waals surface area contributed by atoms with E-state index >= 15 is 0 Å². The van der Waals surface area contributed by atoms with E-state index in [-0.39, 0.29) is 5.91 Å². The van der Waals surface area contributed by atoms with E-state index in [1.54, 1.807) is 13.2 Å². The summed E-state index contributed by atoms with van der Waals surface area (Å²) in [6.45, 7) is 5.81. The number of ether oxygens (including phenoxy) is 3. The first-order chi connectivity index (χ1) is 10.2. The van der Waals surface area contributed by atoms with Gasteiger partial charge in [-0.1, -0.05) is 19.1 Å². The number of hydrogen-bond acceptors (Lipinski definition) is 4. The van der Waals surface area contributed by atoms with Gasteiger partial charge in [0.25, 0.3) is 5.91 Å². The van der Waals surface area contributed by atoms with Crippen LogP contribution in [0.1, 0.15) is 26.7 Å². The van der Waals surface area contributed by atoms with E-state index in [4.69, 9.17) is 14.2 Å². The molecular formula is C16H25NO4. The Morgan fingerprint density at radius 3 is 2.57 bits per heavy atom. The molecule has 0 heterocycles. The van der Waals surface area contributed by atoms with Crippen LogP contribution in [-0.2, 0) is 9.53 Å². The van der Waals surface area contributed by atoms with Crippen LogP contribution in [-0.4, -0.2) is 38.9 Å². The molecule has 0 aromatic heterocycles. The van der Waals surface area contributed by atoms with Crippen molar-refractivity contribution in [2.24, 2.45) is 0 Å². The second kappa shape index (κ2) is 10.0. The summed E-state index contributed by atoms with van der Waals surface area (Å²) in [6.07, 6.45) is 0.869. The Bertz CT molecular complexity index is 422. The van der Waals surface area contributed by atoms with Crippen LogP contribution in [0.2, 0.25) is 0 Å². The largest absolute Gasteiger partial charge is 0.493 e. The van der Waals surface area contributed by atoms with Gasteiger partial charge in [-0.2, -0.15) is 0 Å². The highest BCUT2D eigenvalue weighted by atomic mass is 16.5. The standard InChI is InChI=1S/C16H25NO4/c1-4-13(16(18)17-11-8-12-20-5-2)21-15-10-7-6-9-14(15)19-3/h6-7,9-10,13H,4-5,8,11-12H2,1-3H3,(H,17,18)/t13-/m0/s1. The fourth-order valence-electron chi connectivity index (χ4n) is 1.84. The van der Waals surface area contributed by atoms with Gasteiger partial charge in [-0.25, -0.2) is 0 Å². The molecule has 21 heavy (non-hydrogen) atoms. The zero-order valence-electron chi connectivity index (χ0n) is 13.1. The van der Waals surface area contributed by atoms with Gasteiger partial charge in [-0.3, -0.25) is 4.79 Å². The molecule has 0 fully saturated rings. The van der Waals surface area contributed by atoms with E-state index in [0.717, 1.165) is 6.42 Å². The monoisotopic (exact) mass is 295 g/mol. The first-order valence-electron chi connectivity index (χ1n) is 7.38. The molecule has 0 bridgehead atoms. The van der Waals surface area contributed by atoms with Crippen molar-refractivity contribution >= 4 is 5.91 Å². The van der Waals surface area contributed by atoms with E-state index in [0.29, 0.717) is 37.7 Å². The number of nitrogens with one attached hydrogen (secondary N) is 1. The molecule has 1 rings (SSSR count). The van der Waals surface area contributed by atoms with Gasteiger partial charge in [0.2, 0.25) is 0 Å². The van der Waals surface area contributed by atoms with Gasteiger partial charge in [-0.05, 0) is 31.9 Å². The molecule has 0 saturated carbocycles. The normalized spacial score (nSPS) is 11.8. The second-order valence-corrected chi connectivity index (χ2v) is 4.51. The minimum Gasteiger partial charge on any atom is -0.493 e. The second-order valence-electron chi connectivity index (χ2n) is 4.51. The zero-order valence-corrected chi connectivity index (χ0v) is 13.1. The minimum absolute atomic E-state index is 0.111. The molecule has 0 aliphatic rings. The molecule has 0 unspecified atom stereocenters. The highest BCUT2D eigenvalue weighted by Crippen LogP contribution is 2.27. The van der Waals surface area contributed by atoms with Crippen LogP contribution < -0.4 is 14.8 Å². The van der Waals surface area contributed by atoms with E-state index < -0.39 is 6.10 Å². The number of methoxy groups -OCH3 is 1. The summed E-state index contributed by atoms with van der Waals surface area (Å²) in [5.41, 5.74) is 0. The summed E-state index contributed by atoms with van der Waals surface area (Å²) >= 11 is 0. The van der Waals surface area contributed by atoms with Crippen molar-refractivity contribution in [3.63, 3.8) is 0 Å². The van der Waals surface area contributed by atoms with Crippen molar-refractivity contribution in [3.8, 4) is 11.5 Å². The third-order valence-corrected chi connectivity index (χ3v) is 2.97. The maximum Gasteiger partial charge on any atom is 0.261 e. The average molecular weight is 295 g/mol. The van der Waals surface area contributed by atoms with E-state index in [1.807, 2.05) is 32.0 Å². The highest BCUT2D eigenvalue weighted by Gasteiger charge is 2.19. The Balaban J connectivity index is 2.48. The quantitative estimate of drug-likeness (QED) is 0.673. The van der Waals surface area contributed by atoms with Crippen LogP contribution in [0.3, 0.4) is 0 Å². The molecule has 118 valence electrons. The van der Waals surface area contributed by atoms with Crippen molar-refractivity contribution < 1.29 is 19.0 Å². The number of amides is 1. The topological polar surface area (TPSA) is 56.8 Å². The Morgan fingerprint density at radius 2 is 1.95 bits per heavy atom. The minimum atomic E-state index is -0.520. The lowest BCUT2D eigenvalue weighted by atomic mass is 10.2. The molecule has 0 aliphatic carbocycles. The molecule has 1 aromatic rings. The zero-order chi connectivity index (χ0) is 15.5. The summed E-state index contributed by atoms with van der Waals surface area (Å²) in [6, 6.07) is 7.32. The Labute approximate surface area is 126 Å². The first kappa shape index (κ1) is 17.3. The van der Waals surface area contributed by atoms with Gasteiger partial charge >= 0.3 is 0 Å². The van der Waals surface area contributed by atoms with E-state index in [9.17, 15) is 4.79 Å².